The Balaban J connectivity index is 3.70. The van der Waals surface area contributed by atoms with E-state index in [0.717, 1.165) is 38.5 Å². The van der Waals surface area contributed by atoms with Crippen molar-refractivity contribution in [3.8, 4) is 0 Å². The average molecular weight is 745 g/mol. The van der Waals surface area contributed by atoms with Crippen molar-refractivity contribution in [2.24, 2.45) is 0 Å². The molecule has 0 heterocycles. The van der Waals surface area contributed by atoms with E-state index in [0.29, 0.717) is 25.8 Å². The summed E-state index contributed by atoms with van der Waals surface area (Å²) in [5, 5.41) is 26.0. The van der Waals surface area contributed by atoms with Gasteiger partial charge in [-0.15, -0.1) is 0 Å². The maximum Gasteiger partial charge on any atom is 0.326 e. The Morgan fingerprint density at radius 2 is 1.08 bits per heavy atom. The van der Waals surface area contributed by atoms with Crippen LogP contribution in [0.15, 0.2) is 0 Å². The van der Waals surface area contributed by atoms with Gasteiger partial charge in [-0.05, 0) is 39.5 Å². The number of hydrogen-bond donors (Lipinski definition) is 6. The molecule has 302 valence electrons. The van der Waals surface area contributed by atoms with Gasteiger partial charge in [-0.25, -0.2) is 4.79 Å². The second-order valence-electron chi connectivity index (χ2n) is 13.4. The van der Waals surface area contributed by atoms with Gasteiger partial charge < -0.3 is 35.6 Å². The minimum atomic E-state index is -1.18. The zero-order valence-corrected chi connectivity index (χ0v) is 31.8. The summed E-state index contributed by atoms with van der Waals surface area (Å²) in [5.74, 6) is -2.91. The number of carbonyl (C=O) groups excluding carboxylic acids is 4. The van der Waals surface area contributed by atoms with Crippen LogP contribution in [0.5, 0.6) is 0 Å². The Kier molecular flexibility index (Phi) is 32.8. The Hall–Kier alpha value is -3.14. The van der Waals surface area contributed by atoms with Gasteiger partial charge in [-0.2, -0.15) is 5.48 Å². The lowest BCUT2D eigenvalue weighted by atomic mass is 10.0. The molecule has 0 bridgehead atoms. The van der Waals surface area contributed by atoms with Crippen molar-refractivity contribution in [1.29, 1.82) is 0 Å². The summed E-state index contributed by atoms with van der Waals surface area (Å²) in [6.45, 7) is 4.84. The highest BCUT2D eigenvalue weighted by molar-refractivity contribution is 5.84. The molecule has 0 aromatic carbocycles. The number of rotatable bonds is 38. The predicted octanol–water partition coefficient (Wildman–Crippen LogP) is 4.21. The molecule has 0 saturated carbocycles. The van der Waals surface area contributed by atoms with E-state index in [4.69, 9.17) is 19.4 Å². The molecule has 0 aromatic heterocycles. The second kappa shape index (κ2) is 34.9. The topological polar surface area (TPSA) is 219 Å². The second-order valence-corrected chi connectivity index (χ2v) is 13.4. The van der Waals surface area contributed by atoms with Crippen LogP contribution in [0.4, 0.5) is 0 Å². The van der Waals surface area contributed by atoms with Crippen LogP contribution in [0.1, 0.15) is 142 Å². The summed E-state index contributed by atoms with van der Waals surface area (Å²) in [4.78, 5) is 75.1. The summed E-state index contributed by atoms with van der Waals surface area (Å²) in [5.41, 5.74) is 2.70. The number of ketones is 1. The lowest BCUT2D eigenvalue weighted by Crippen LogP contribution is -2.41. The van der Waals surface area contributed by atoms with E-state index in [-0.39, 0.29) is 94.8 Å². The van der Waals surface area contributed by atoms with Crippen LogP contribution in [0, 0.1) is 0 Å². The molecule has 15 nitrogen and oxygen atoms in total. The molecule has 0 aliphatic carbocycles. The SMILES string of the molecule is CC(C)NOCC(=O)CCCNC(=O)COCCOCCNC(=O)CC[C@H](NC(=O)CCCCCCCCCCCCCCCCC(=O)O)C(=O)O. The summed E-state index contributed by atoms with van der Waals surface area (Å²) in [6.07, 6.45) is 16.4. The number of aliphatic carboxylic acids is 2. The van der Waals surface area contributed by atoms with Crippen LogP contribution in [0.25, 0.3) is 0 Å². The maximum absolute atomic E-state index is 12.3. The first-order valence-corrected chi connectivity index (χ1v) is 19.3. The molecule has 6 N–H and O–H groups in total. The summed E-state index contributed by atoms with van der Waals surface area (Å²) in [7, 11) is 0. The van der Waals surface area contributed by atoms with Crippen molar-refractivity contribution in [2.45, 2.75) is 154 Å². The number of hydroxylamine groups is 1. The first kappa shape index (κ1) is 48.9. The van der Waals surface area contributed by atoms with Crippen LogP contribution < -0.4 is 21.4 Å². The lowest BCUT2D eigenvalue weighted by molar-refractivity contribution is -0.142. The molecule has 0 saturated heterocycles. The first-order chi connectivity index (χ1) is 25.0. The molecule has 1 atom stereocenters. The molecule has 0 spiro atoms. The molecule has 0 aliphatic rings. The van der Waals surface area contributed by atoms with Crippen LogP contribution in [0.2, 0.25) is 0 Å². The molecule has 3 amide bonds. The van der Waals surface area contributed by atoms with Gasteiger partial charge in [0.15, 0.2) is 5.78 Å². The zero-order valence-electron chi connectivity index (χ0n) is 31.8. The van der Waals surface area contributed by atoms with E-state index in [1.165, 1.54) is 44.9 Å². The van der Waals surface area contributed by atoms with E-state index >= 15 is 0 Å². The fraction of sp³-hybridized carbons (Fsp3) is 0.838. The monoisotopic (exact) mass is 744 g/mol. The van der Waals surface area contributed by atoms with Gasteiger partial charge in [-0.1, -0.05) is 77.0 Å². The van der Waals surface area contributed by atoms with Gasteiger partial charge in [0.1, 0.15) is 19.3 Å². The highest BCUT2D eigenvalue weighted by atomic mass is 16.6. The molecule has 0 rings (SSSR count). The fourth-order valence-electron chi connectivity index (χ4n) is 5.14. The number of ether oxygens (including phenoxy) is 2. The largest absolute Gasteiger partial charge is 0.481 e. The van der Waals surface area contributed by atoms with E-state index in [1.54, 1.807) is 0 Å². The van der Waals surface area contributed by atoms with Crippen molar-refractivity contribution in [2.75, 3.05) is 46.1 Å². The van der Waals surface area contributed by atoms with Gasteiger partial charge >= 0.3 is 11.9 Å². The van der Waals surface area contributed by atoms with E-state index in [9.17, 15) is 33.9 Å². The molecular formula is C37H68N4O11. The number of carboxylic acids is 2. The van der Waals surface area contributed by atoms with E-state index < -0.39 is 18.0 Å². The van der Waals surface area contributed by atoms with Crippen LogP contribution in [0.3, 0.4) is 0 Å². The third-order valence-electron chi connectivity index (χ3n) is 8.02. The van der Waals surface area contributed by atoms with Crippen LogP contribution in [-0.2, 0) is 43.1 Å². The zero-order chi connectivity index (χ0) is 38.7. The molecule has 15 heteroatoms. The molecular weight excluding hydrogens is 676 g/mol. The van der Waals surface area contributed by atoms with Gasteiger partial charge in [0.2, 0.25) is 17.7 Å². The molecule has 0 aliphatic heterocycles. The Bertz CT molecular complexity index is 981. The van der Waals surface area contributed by atoms with Gasteiger partial charge in [0.05, 0.1) is 19.8 Å². The highest BCUT2D eigenvalue weighted by Crippen LogP contribution is 2.14. The quantitative estimate of drug-likeness (QED) is 0.0387. The lowest BCUT2D eigenvalue weighted by Gasteiger charge is -2.14. The van der Waals surface area contributed by atoms with E-state index in [1.807, 2.05) is 13.8 Å². The van der Waals surface area contributed by atoms with Crippen molar-refractivity contribution in [3.63, 3.8) is 0 Å². The third kappa shape index (κ3) is 35.3. The summed E-state index contributed by atoms with van der Waals surface area (Å²) in [6, 6.07) is -1.01. The minimum absolute atomic E-state index is 0.0169. The average Bonchev–Trinajstić information content (AvgIpc) is 3.09. The Morgan fingerprint density at radius 1 is 0.538 bits per heavy atom. The number of nitrogens with one attached hydrogen (secondary N) is 4. The first-order valence-electron chi connectivity index (χ1n) is 19.3. The molecule has 0 radical (unpaired) electrons. The molecule has 0 fully saturated rings. The highest BCUT2D eigenvalue weighted by Gasteiger charge is 2.20. The standard InChI is InChI=1S/C37H68N4O11/c1-30(2)41-52-28-31(42)18-17-23-38-35(45)29-51-27-26-50-25-24-39-33(43)22-21-32(37(48)49)40-34(44)19-15-13-11-9-7-5-3-4-6-8-10-12-14-16-20-36(46)47/h30,32,41H,3-29H2,1-2H3,(H,38,45)(H,39,43)(H,40,44)(H,46,47)(H,48,49)/t32-/m0/s1. The number of amides is 3. The van der Waals surface area contributed by atoms with Crippen LogP contribution in [-0.4, -0.2) is 104 Å². The normalized spacial score (nSPS) is 11.7. The predicted molar refractivity (Wildman–Crippen MR) is 196 cm³/mol. The molecule has 52 heavy (non-hydrogen) atoms. The number of Topliss-reactive ketones (excluding diaryl/α,β-unsaturated/α-hetero) is 1. The fourth-order valence-corrected chi connectivity index (χ4v) is 5.14. The molecule has 0 aromatic rings. The number of carboxylic acid groups (broad SMARTS) is 2. The van der Waals surface area contributed by atoms with Crippen molar-refractivity contribution in [3.05, 3.63) is 0 Å². The van der Waals surface area contributed by atoms with Crippen molar-refractivity contribution in [1.82, 2.24) is 21.4 Å². The maximum atomic E-state index is 12.3. The van der Waals surface area contributed by atoms with E-state index in [2.05, 4.69) is 21.4 Å². The van der Waals surface area contributed by atoms with Gasteiger partial charge in [-0.3, -0.25) is 28.8 Å². The van der Waals surface area contributed by atoms with Gasteiger partial charge in [0, 0.05) is 44.8 Å². The Labute approximate surface area is 310 Å². The number of unbranched alkanes of at least 4 members (excludes halogenated alkanes) is 13. The number of hydrogen-bond acceptors (Lipinski definition) is 10. The van der Waals surface area contributed by atoms with Crippen LogP contribution >= 0.6 is 0 Å². The summed E-state index contributed by atoms with van der Waals surface area (Å²) >= 11 is 0. The minimum Gasteiger partial charge on any atom is -0.481 e. The summed E-state index contributed by atoms with van der Waals surface area (Å²) < 4.78 is 10.6. The van der Waals surface area contributed by atoms with Crippen molar-refractivity contribution < 1.29 is 53.3 Å². The van der Waals surface area contributed by atoms with Crippen molar-refractivity contribution >= 4 is 35.4 Å². The van der Waals surface area contributed by atoms with Gasteiger partial charge in [0.25, 0.3) is 0 Å². The smallest absolute Gasteiger partial charge is 0.326 e. The third-order valence-corrected chi connectivity index (χ3v) is 8.02. The Morgan fingerprint density at radius 3 is 1.63 bits per heavy atom. The number of carbonyl (C=O) groups is 6. The molecule has 0 unspecified atom stereocenters.